The Morgan fingerprint density at radius 3 is 3.00 bits per heavy atom. The molecule has 12 heavy (non-hydrogen) atoms. The van der Waals surface area contributed by atoms with Crippen LogP contribution in [0.2, 0.25) is 0 Å². The molecule has 0 aliphatic heterocycles. The van der Waals surface area contributed by atoms with Crippen LogP contribution in [-0.2, 0) is 0 Å². The van der Waals surface area contributed by atoms with Gasteiger partial charge in [-0.05, 0) is 25.1 Å². The van der Waals surface area contributed by atoms with Crippen LogP contribution >= 0.6 is 0 Å². The summed E-state index contributed by atoms with van der Waals surface area (Å²) >= 11 is 0. The Bertz CT molecular complexity index is 292. The van der Waals surface area contributed by atoms with E-state index in [4.69, 9.17) is 5.73 Å². The van der Waals surface area contributed by atoms with Gasteiger partial charge in [-0.25, -0.2) is 4.98 Å². The third-order valence-corrected chi connectivity index (χ3v) is 1.27. The molecule has 3 heteroatoms. The number of nitrogen functional groups attached to an aromatic ring is 1. The Labute approximate surface area is 72.0 Å². The zero-order valence-corrected chi connectivity index (χ0v) is 6.96. The lowest BCUT2D eigenvalue weighted by Gasteiger charge is -1.90. The molecule has 1 rings (SSSR count). The molecule has 0 spiro atoms. The lowest BCUT2D eigenvalue weighted by molar-refractivity contribution is 0.938. The molecule has 3 nitrogen and oxygen atoms in total. The predicted molar refractivity (Wildman–Crippen MR) is 49.5 cm³/mol. The summed E-state index contributed by atoms with van der Waals surface area (Å²) in [6.45, 7) is 0.673. The Balaban J connectivity index is 2.66. The van der Waals surface area contributed by atoms with Gasteiger partial charge in [0, 0.05) is 0 Å². The molecule has 0 saturated carbocycles. The molecule has 0 atom stereocenters. The molecular weight excluding hydrogens is 150 g/mol. The minimum Gasteiger partial charge on any atom is -0.397 e. The summed E-state index contributed by atoms with van der Waals surface area (Å²) in [6, 6.07) is 3.59. The molecule has 0 radical (unpaired) electrons. The maximum absolute atomic E-state index is 5.46. The Hall–Kier alpha value is -1.53. The lowest BCUT2D eigenvalue weighted by Crippen LogP contribution is -2.04. The molecule has 1 heterocycles. The number of hydrogen-bond acceptors (Lipinski definition) is 3. The van der Waals surface area contributed by atoms with Crippen LogP contribution in [0, 0.1) is 11.8 Å². The molecule has 0 aliphatic rings. The van der Waals surface area contributed by atoms with E-state index >= 15 is 0 Å². The highest BCUT2D eigenvalue weighted by Gasteiger charge is 1.86. The normalized spacial score (nSPS) is 8.75. The van der Waals surface area contributed by atoms with E-state index in [0.717, 1.165) is 5.69 Å². The molecular formula is C9H11N3. The first-order valence-electron chi connectivity index (χ1n) is 3.68. The molecule has 0 unspecified atom stereocenters. The van der Waals surface area contributed by atoms with Gasteiger partial charge in [-0.3, -0.25) is 0 Å². The van der Waals surface area contributed by atoms with Crippen LogP contribution in [0.1, 0.15) is 5.69 Å². The summed E-state index contributed by atoms with van der Waals surface area (Å²) in [5.74, 6) is 5.80. The third kappa shape index (κ3) is 2.60. The molecule has 0 bridgehead atoms. The third-order valence-electron chi connectivity index (χ3n) is 1.27. The van der Waals surface area contributed by atoms with Gasteiger partial charge in [0.05, 0.1) is 18.4 Å². The van der Waals surface area contributed by atoms with Crippen LogP contribution in [0.15, 0.2) is 18.3 Å². The number of rotatable bonds is 1. The molecule has 0 fully saturated rings. The van der Waals surface area contributed by atoms with E-state index in [0.29, 0.717) is 12.2 Å². The number of pyridine rings is 1. The van der Waals surface area contributed by atoms with Crippen molar-refractivity contribution in [2.45, 2.75) is 0 Å². The number of nitrogens with zero attached hydrogens (tertiary/aromatic N) is 1. The highest BCUT2D eigenvalue weighted by molar-refractivity contribution is 5.38. The summed E-state index contributed by atoms with van der Waals surface area (Å²) in [7, 11) is 1.85. The average molecular weight is 161 g/mol. The molecule has 1 aromatic rings. The molecule has 0 aromatic carbocycles. The van der Waals surface area contributed by atoms with Crippen molar-refractivity contribution in [3.63, 3.8) is 0 Å². The molecule has 62 valence electrons. The summed E-state index contributed by atoms with van der Waals surface area (Å²) in [6.07, 6.45) is 1.60. The fraction of sp³-hybridized carbons (Fsp3) is 0.222. The second kappa shape index (κ2) is 4.37. The van der Waals surface area contributed by atoms with Gasteiger partial charge in [-0.1, -0.05) is 5.92 Å². The highest BCUT2D eigenvalue weighted by atomic mass is 14.8. The fourth-order valence-corrected chi connectivity index (χ4v) is 0.702. The van der Waals surface area contributed by atoms with E-state index in [9.17, 15) is 0 Å². The van der Waals surface area contributed by atoms with Gasteiger partial charge in [-0.15, -0.1) is 0 Å². The van der Waals surface area contributed by atoms with Crippen molar-refractivity contribution in [2.75, 3.05) is 19.3 Å². The first-order chi connectivity index (χ1) is 5.83. The second-order valence-electron chi connectivity index (χ2n) is 2.31. The van der Waals surface area contributed by atoms with Crippen molar-refractivity contribution >= 4 is 5.69 Å². The van der Waals surface area contributed by atoms with E-state index in [-0.39, 0.29) is 0 Å². The van der Waals surface area contributed by atoms with Gasteiger partial charge < -0.3 is 11.1 Å². The fourth-order valence-electron chi connectivity index (χ4n) is 0.702. The van der Waals surface area contributed by atoms with Crippen LogP contribution in [0.3, 0.4) is 0 Å². The van der Waals surface area contributed by atoms with Crippen molar-refractivity contribution in [1.29, 1.82) is 0 Å². The highest BCUT2D eigenvalue weighted by Crippen LogP contribution is 1.98. The summed E-state index contributed by atoms with van der Waals surface area (Å²) in [5.41, 5.74) is 6.87. The van der Waals surface area contributed by atoms with Gasteiger partial charge in [-0.2, -0.15) is 0 Å². The number of nitrogens with one attached hydrogen (secondary N) is 1. The van der Waals surface area contributed by atoms with Crippen LogP contribution in [0.25, 0.3) is 0 Å². The average Bonchev–Trinajstić information content (AvgIpc) is 2.09. The van der Waals surface area contributed by atoms with Gasteiger partial charge in [0.25, 0.3) is 0 Å². The van der Waals surface area contributed by atoms with Crippen molar-refractivity contribution in [3.8, 4) is 11.8 Å². The van der Waals surface area contributed by atoms with Crippen LogP contribution < -0.4 is 11.1 Å². The molecule has 1 aromatic heterocycles. The minimum atomic E-state index is 0.661. The van der Waals surface area contributed by atoms with Gasteiger partial charge in [0.15, 0.2) is 0 Å². The summed E-state index contributed by atoms with van der Waals surface area (Å²) in [4.78, 5) is 4.02. The number of aromatic nitrogens is 1. The quantitative estimate of drug-likeness (QED) is 0.580. The van der Waals surface area contributed by atoms with Crippen LogP contribution in [0.5, 0.6) is 0 Å². The van der Waals surface area contributed by atoms with Crippen LogP contribution in [0.4, 0.5) is 5.69 Å². The van der Waals surface area contributed by atoms with Gasteiger partial charge in [0.2, 0.25) is 0 Å². The van der Waals surface area contributed by atoms with E-state index in [1.807, 2.05) is 7.05 Å². The van der Waals surface area contributed by atoms with E-state index in [1.165, 1.54) is 0 Å². The van der Waals surface area contributed by atoms with E-state index in [2.05, 4.69) is 22.1 Å². The minimum absolute atomic E-state index is 0.661. The monoisotopic (exact) mass is 161 g/mol. The number of anilines is 1. The van der Waals surface area contributed by atoms with E-state index in [1.54, 1.807) is 18.3 Å². The Morgan fingerprint density at radius 2 is 2.42 bits per heavy atom. The first kappa shape index (κ1) is 8.57. The summed E-state index contributed by atoms with van der Waals surface area (Å²) < 4.78 is 0. The van der Waals surface area contributed by atoms with Crippen molar-refractivity contribution in [2.24, 2.45) is 0 Å². The lowest BCUT2D eigenvalue weighted by atomic mass is 10.3. The standard InChI is InChI=1S/C9H11N3/c1-11-6-2-3-9-5-4-8(10)7-12-9/h4-5,7,11H,6,10H2,1H3. The Kier molecular flexibility index (Phi) is 3.12. The molecule has 0 aliphatic carbocycles. The second-order valence-corrected chi connectivity index (χ2v) is 2.31. The first-order valence-corrected chi connectivity index (χ1v) is 3.68. The number of hydrogen-bond donors (Lipinski definition) is 2. The molecule has 0 saturated heterocycles. The largest absolute Gasteiger partial charge is 0.397 e. The van der Waals surface area contributed by atoms with E-state index < -0.39 is 0 Å². The van der Waals surface area contributed by atoms with Crippen molar-refractivity contribution < 1.29 is 0 Å². The summed E-state index contributed by atoms with van der Waals surface area (Å²) in [5, 5.41) is 2.92. The van der Waals surface area contributed by atoms with Crippen LogP contribution in [-0.4, -0.2) is 18.6 Å². The van der Waals surface area contributed by atoms with Crippen molar-refractivity contribution in [1.82, 2.24) is 10.3 Å². The van der Waals surface area contributed by atoms with Gasteiger partial charge >= 0.3 is 0 Å². The zero-order chi connectivity index (χ0) is 8.81. The number of nitrogens with two attached hydrogens (primary N) is 1. The van der Waals surface area contributed by atoms with Crippen molar-refractivity contribution in [3.05, 3.63) is 24.0 Å². The smallest absolute Gasteiger partial charge is 0.113 e. The molecule has 0 amide bonds. The zero-order valence-electron chi connectivity index (χ0n) is 6.96. The maximum atomic E-state index is 5.46. The maximum Gasteiger partial charge on any atom is 0.113 e. The predicted octanol–water partition coefficient (Wildman–Crippen LogP) is 0.235. The Morgan fingerprint density at radius 1 is 1.58 bits per heavy atom. The SMILES string of the molecule is CNCC#Cc1ccc(N)cn1. The molecule has 3 N–H and O–H groups in total. The van der Waals surface area contributed by atoms with Gasteiger partial charge in [0.1, 0.15) is 5.69 Å². The topological polar surface area (TPSA) is 50.9 Å².